The molecule has 0 spiro atoms. The van der Waals surface area contributed by atoms with Crippen LogP contribution in [0.4, 0.5) is 17.6 Å². The molecule has 0 radical (unpaired) electrons. The van der Waals surface area contributed by atoms with E-state index in [0.29, 0.717) is 0 Å². The van der Waals surface area contributed by atoms with Crippen molar-refractivity contribution in [2.75, 3.05) is 13.1 Å². The second-order valence-corrected chi connectivity index (χ2v) is 11.5. The van der Waals surface area contributed by atoms with E-state index in [4.69, 9.17) is 32.0 Å². The van der Waals surface area contributed by atoms with Crippen molar-refractivity contribution in [3.05, 3.63) is 138 Å². The van der Waals surface area contributed by atoms with Gasteiger partial charge in [-0.25, -0.2) is 17.6 Å². The lowest BCUT2D eigenvalue weighted by molar-refractivity contribution is 0.0950. The fourth-order valence-corrected chi connectivity index (χ4v) is 5.46. The molecule has 0 saturated carbocycles. The molecular weight excluding hydrogens is 691 g/mol. The maximum absolute atomic E-state index is 14.8. The van der Waals surface area contributed by atoms with Crippen LogP contribution in [0.2, 0.25) is 10.0 Å². The first-order chi connectivity index (χ1) is 23.4. The molecule has 0 aliphatic heterocycles. The number of benzene rings is 4. The fraction of sp³-hybridized carbons (Fsp3) is 0.0857. The topological polar surface area (TPSA) is 119 Å². The second kappa shape index (κ2) is 13.6. The number of halogens is 6. The van der Waals surface area contributed by atoms with Crippen LogP contribution in [-0.4, -0.2) is 24.9 Å². The molecule has 248 valence electrons. The Morgan fingerprint density at radius 1 is 0.592 bits per heavy atom. The second-order valence-electron chi connectivity index (χ2n) is 10.7. The number of carbonyl (C=O) groups is 2. The van der Waals surface area contributed by atoms with Gasteiger partial charge in [-0.15, -0.1) is 0 Å². The number of rotatable bonds is 8. The maximum Gasteiger partial charge on any atom is 0.259 e. The van der Waals surface area contributed by atoms with Crippen molar-refractivity contribution in [3.63, 3.8) is 0 Å². The Balaban J connectivity index is 1.24. The highest BCUT2D eigenvalue weighted by molar-refractivity contribution is 6.31. The third-order valence-corrected chi connectivity index (χ3v) is 7.90. The summed E-state index contributed by atoms with van der Waals surface area (Å²) in [5, 5.41) is 5.29. The highest BCUT2D eigenvalue weighted by Gasteiger charge is 2.26. The molecule has 6 rings (SSSR count). The molecule has 4 aromatic carbocycles. The lowest BCUT2D eigenvalue weighted by Gasteiger charge is -2.13. The molecule has 6 aromatic rings. The zero-order valence-electron chi connectivity index (χ0n) is 24.8. The monoisotopic (exact) mass is 710 g/mol. The SMILES string of the molecule is O=C(NCCCNC(=O)c1c(-c2cc(F)ccc2F)oc2cc(Cl)ccc2c1=O)c1c(-c2cc(F)ccc2F)oc2cc(Cl)ccc2c1=O. The highest BCUT2D eigenvalue weighted by atomic mass is 35.5. The van der Waals surface area contributed by atoms with E-state index in [1.54, 1.807) is 0 Å². The molecule has 2 aromatic heterocycles. The van der Waals surface area contributed by atoms with Crippen molar-refractivity contribution >= 4 is 57.0 Å². The van der Waals surface area contributed by atoms with E-state index in [-0.39, 0.29) is 51.5 Å². The van der Waals surface area contributed by atoms with Gasteiger partial charge in [-0.05, 0) is 67.1 Å². The first-order valence-corrected chi connectivity index (χ1v) is 15.2. The van der Waals surface area contributed by atoms with Crippen LogP contribution in [0.15, 0.2) is 91.2 Å². The van der Waals surface area contributed by atoms with Gasteiger partial charge in [0.2, 0.25) is 10.9 Å². The molecular formula is C35H20Cl2F4N2O6. The molecule has 0 bridgehead atoms. The summed E-state index contributed by atoms with van der Waals surface area (Å²) in [5.74, 6) is -6.61. The van der Waals surface area contributed by atoms with Gasteiger partial charge >= 0.3 is 0 Å². The highest BCUT2D eigenvalue weighted by Crippen LogP contribution is 2.31. The lowest BCUT2D eigenvalue weighted by Crippen LogP contribution is -2.34. The Hall–Kier alpha value is -5.46. The predicted molar refractivity (Wildman–Crippen MR) is 175 cm³/mol. The van der Waals surface area contributed by atoms with E-state index < -0.39 is 79.7 Å². The van der Waals surface area contributed by atoms with Crippen LogP contribution in [-0.2, 0) is 0 Å². The average Bonchev–Trinajstić information content (AvgIpc) is 3.06. The van der Waals surface area contributed by atoms with Gasteiger partial charge in [0.15, 0.2) is 11.5 Å². The largest absolute Gasteiger partial charge is 0.455 e. The van der Waals surface area contributed by atoms with Crippen molar-refractivity contribution in [2.45, 2.75) is 6.42 Å². The molecule has 8 nitrogen and oxygen atoms in total. The molecule has 2 amide bonds. The number of amides is 2. The van der Waals surface area contributed by atoms with Crippen LogP contribution in [0.25, 0.3) is 44.6 Å². The molecule has 0 saturated heterocycles. The summed E-state index contributed by atoms with van der Waals surface area (Å²) in [6.45, 7) is -0.309. The maximum atomic E-state index is 14.8. The number of fused-ring (bicyclic) bond motifs is 2. The van der Waals surface area contributed by atoms with Gasteiger partial charge in [0.25, 0.3) is 11.8 Å². The van der Waals surface area contributed by atoms with Crippen LogP contribution in [0.3, 0.4) is 0 Å². The van der Waals surface area contributed by atoms with Crippen molar-refractivity contribution in [2.24, 2.45) is 0 Å². The molecule has 49 heavy (non-hydrogen) atoms. The Kier molecular flexibility index (Phi) is 9.26. The summed E-state index contributed by atoms with van der Waals surface area (Å²) in [6, 6.07) is 12.9. The van der Waals surface area contributed by atoms with E-state index in [0.717, 1.165) is 36.4 Å². The summed E-state index contributed by atoms with van der Waals surface area (Å²) in [5.41, 5.74) is -3.93. The zero-order chi connectivity index (χ0) is 35.0. The Bertz CT molecular complexity index is 2280. The minimum Gasteiger partial charge on any atom is -0.455 e. The van der Waals surface area contributed by atoms with E-state index in [1.807, 2.05) is 0 Å². The predicted octanol–water partition coefficient (Wildman–Crippen LogP) is 7.65. The van der Waals surface area contributed by atoms with E-state index >= 15 is 0 Å². The van der Waals surface area contributed by atoms with Crippen molar-refractivity contribution in [1.29, 1.82) is 0 Å². The van der Waals surface area contributed by atoms with Gasteiger partial charge in [0.05, 0.1) is 21.9 Å². The molecule has 2 heterocycles. The van der Waals surface area contributed by atoms with Gasteiger partial charge in [0, 0.05) is 35.3 Å². The summed E-state index contributed by atoms with van der Waals surface area (Å²) < 4.78 is 69.2. The zero-order valence-corrected chi connectivity index (χ0v) is 26.3. The summed E-state index contributed by atoms with van der Waals surface area (Å²) in [4.78, 5) is 53.4. The van der Waals surface area contributed by atoms with E-state index in [1.165, 1.54) is 36.4 Å². The minimum atomic E-state index is -0.978. The standard InChI is InChI=1S/C35H20Cl2F4N2O6/c36-16-2-6-20-26(12-16)48-32(22-14-18(38)4-8-24(22)40)28(30(20)44)34(46)42-10-1-11-43-35(47)29-31(45)21-7-3-17(37)13-27(21)49-33(29)23-15-19(39)5-9-25(23)41/h2-9,12-15H,1,10-11H2,(H,42,46)(H,43,47). The van der Waals surface area contributed by atoms with E-state index in [2.05, 4.69) is 10.6 Å². The molecule has 0 aliphatic rings. The molecule has 0 fully saturated rings. The number of carbonyl (C=O) groups excluding carboxylic acids is 2. The first kappa shape index (κ1) is 33.4. The molecule has 0 aliphatic carbocycles. The van der Waals surface area contributed by atoms with Crippen LogP contribution in [0.5, 0.6) is 0 Å². The molecule has 0 unspecified atom stereocenters. The van der Waals surface area contributed by atoms with Crippen LogP contribution in [0.1, 0.15) is 27.1 Å². The smallest absolute Gasteiger partial charge is 0.259 e. The first-order valence-electron chi connectivity index (χ1n) is 14.4. The van der Waals surface area contributed by atoms with Gasteiger partial charge in [-0.2, -0.15) is 0 Å². The average molecular weight is 711 g/mol. The van der Waals surface area contributed by atoms with Crippen molar-refractivity contribution in [3.8, 4) is 22.6 Å². The summed E-state index contributed by atoms with van der Waals surface area (Å²) >= 11 is 12.0. The Morgan fingerprint density at radius 3 is 1.41 bits per heavy atom. The summed E-state index contributed by atoms with van der Waals surface area (Å²) in [7, 11) is 0. The van der Waals surface area contributed by atoms with E-state index in [9.17, 15) is 36.7 Å². The Labute approximate surface area is 282 Å². The molecule has 14 heteroatoms. The van der Waals surface area contributed by atoms with Gasteiger partial charge in [-0.3, -0.25) is 19.2 Å². The number of hydrogen-bond donors (Lipinski definition) is 2. The van der Waals surface area contributed by atoms with Crippen molar-refractivity contribution in [1.82, 2.24) is 10.6 Å². The molecule has 0 atom stereocenters. The number of hydrogen-bond acceptors (Lipinski definition) is 6. The molecule has 2 N–H and O–H groups in total. The fourth-order valence-electron chi connectivity index (χ4n) is 5.14. The van der Waals surface area contributed by atoms with Crippen molar-refractivity contribution < 1.29 is 36.0 Å². The lowest BCUT2D eigenvalue weighted by atomic mass is 10.0. The van der Waals surface area contributed by atoms with Gasteiger partial charge in [0.1, 0.15) is 45.6 Å². The van der Waals surface area contributed by atoms with Crippen LogP contribution >= 0.6 is 23.2 Å². The number of nitrogens with one attached hydrogen (secondary N) is 2. The quantitative estimate of drug-likeness (QED) is 0.124. The van der Waals surface area contributed by atoms with Gasteiger partial charge < -0.3 is 19.5 Å². The minimum absolute atomic E-state index is 0.0356. The van der Waals surface area contributed by atoms with Crippen LogP contribution < -0.4 is 21.5 Å². The van der Waals surface area contributed by atoms with Crippen LogP contribution in [0, 0.1) is 23.3 Å². The van der Waals surface area contributed by atoms with Gasteiger partial charge in [-0.1, -0.05) is 23.2 Å². The third kappa shape index (κ3) is 6.65. The Morgan fingerprint density at radius 2 is 1.00 bits per heavy atom. The summed E-state index contributed by atoms with van der Waals surface area (Å²) in [6.07, 6.45) is 0.0356. The third-order valence-electron chi connectivity index (χ3n) is 7.43. The normalized spacial score (nSPS) is 11.2.